The van der Waals surface area contributed by atoms with Crippen molar-refractivity contribution in [1.82, 2.24) is 14.5 Å². The maximum Gasteiger partial charge on any atom is 0.251 e. The van der Waals surface area contributed by atoms with Crippen molar-refractivity contribution in [1.29, 1.82) is 0 Å². The lowest BCUT2D eigenvalue weighted by molar-refractivity contribution is 0.0284. The molecule has 3 aromatic rings. The fraction of sp³-hybridized carbons (Fsp3) is 0.464. The minimum Gasteiger partial charge on any atom is -0.414 e. The Bertz CT molecular complexity index is 1340. The first-order valence-electron chi connectivity index (χ1n) is 13.0. The van der Waals surface area contributed by atoms with Gasteiger partial charge in [-0.2, -0.15) is 0 Å². The minimum atomic E-state index is -2.11. The second-order valence-electron chi connectivity index (χ2n) is 11.3. The number of hydrogen-bond acceptors (Lipinski definition) is 6. The summed E-state index contributed by atoms with van der Waals surface area (Å²) in [4.78, 5) is 22.3. The van der Waals surface area contributed by atoms with E-state index in [9.17, 15) is 9.18 Å². The average molecular weight is 594 g/mol. The van der Waals surface area contributed by atoms with E-state index in [-0.39, 0.29) is 17.2 Å². The molecule has 1 fully saturated rings. The Morgan fingerprint density at radius 2 is 1.92 bits per heavy atom. The van der Waals surface area contributed by atoms with Gasteiger partial charge in [0, 0.05) is 40.7 Å². The number of nitrogens with zero attached hydrogens (tertiary/aromatic N) is 3. The highest BCUT2D eigenvalue weighted by Crippen LogP contribution is 2.38. The quantitative estimate of drug-likeness (QED) is 0.291. The molecule has 11 heteroatoms. The molecule has 3 atom stereocenters. The molecule has 210 valence electrons. The minimum absolute atomic E-state index is 0.00389. The smallest absolute Gasteiger partial charge is 0.251 e. The first-order valence-corrected chi connectivity index (χ1v) is 16.6. The first kappa shape index (κ1) is 29.7. The number of ether oxygens (including phenoxy) is 1. The number of aromatic nitrogens is 3. The van der Waals surface area contributed by atoms with E-state index in [1.54, 1.807) is 29.1 Å². The highest BCUT2D eigenvalue weighted by molar-refractivity contribution is 6.74. The van der Waals surface area contributed by atoms with E-state index in [4.69, 9.17) is 32.4 Å². The lowest BCUT2D eigenvalue weighted by atomic mass is 10.1. The van der Waals surface area contributed by atoms with Crippen LogP contribution in [0.4, 0.5) is 10.3 Å². The fourth-order valence-corrected chi connectivity index (χ4v) is 5.69. The maximum absolute atomic E-state index is 14.2. The van der Waals surface area contributed by atoms with Gasteiger partial charge in [-0.1, -0.05) is 44.0 Å². The number of anilines is 1. The van der Waals surface area contributed by atoms with E-state index in [1.807, 2.05) is 18.2 Å². The molecule has 0 bridgehead atoms. The Kier molecular flexibility index (Phi) is 9.18. The zero-order chi connectivity index (χ0) is 28.4. The second kappa shape index (κ2) is 12.1. The fourth-order valence-electron chi connectivity index (χ4n) is 4.14. The van der Waals surface area contributed by atoms with Crippen LogP contribution in [0.5, 0.6) is 0 Å². The molecule has 1 N–H and O–H groups in total. The van der Waals surface area contributed by atoms with Crippen molar-refractivity contribution in [2.75, 3.05) is 25.1 Å². The maximum atomic E-state index is 14.2. The third-order valence-corrected chi connectivity index (χ3v) is 12.5. The molecule has 1 saturated heterocycles. The van der Waals surface area contributed by atoms with Gasteiger partial charge in [0.1, 0.15) is 6.17 Å². The van der Waals surface area contributed by atoms with Gasteiger partial charge in [0.25, 0.3) is 5.56 Å². The molecule has 1 aliphatic heterocycles. The van der Waals surface area contributed by atoms with Gasteiger partial charge >= 0.3 is 0 Å². The molecule has 0 aliphatic carbocycles. The molecule has 0 saturated carbocycles. The summed E-state index contributed by atoms with van der Waals surface area (Å²) in [6.07, 6.45) is 2.71. The van der Waals surface area contributed by atoms with Gasteiger partial charge in [0.05, 0.1) is 31.0 Å². The van der Waals surface area contributed by atoms with Gasteiger partial charge in [0.15, 0.2) is 8.32 Å². The van der Waals surface area contributed by atoms with Crippen LogP contribution in [-0.2, 0) is 9.16 Å². The lowest BCUT2D eigenvalue weighted by Gasteiger charge is -2.37. The van der Waals surface area contributed by atoms with Crippen molar-refractivity contribution in [3.8, 4) is 11.3 Å². The van der Waals surface area contributed by atoms with Crippen molar-refractivity contribution in [2.45, 2.75) is 63.6 Å². The van der Waals surface area contributed by atoms with E-state index in [0.29, 0.717) is 46.9 Å². The van der Waals surface area contributed by atoms with Crippen LogP contribution in [0.1, 0.15) is 38.8 Å². The largest absolute Gasteiger partial charge is 0.414 e. The van der Waals surface area contributed by atoms with Crippen LogP contribution < -0.4 is 10.9 Å². The second-order valence-corrected chi connectivity index (χ2v) is 17.0. The monoisotopic (exact) mass is 592 g/mol. The summed E-state index contributed by atoms with van der Waals surface area (Å²) in [7, 11) is -2.11. The summed E-state index contributed by atoms with van der Waals surface area (Å²) in [5, 5.41) is 4.04. The predicted molar refractivity (Wildman–Crippen MR) is 157 cm³/mol. The molecule has 4 rings (SSSR count). The molecule has 3 heterocycles. The summed E-state index contributed by atoms with van der Waals surface area (Å²) in [6, 6.07) is 9.50. The summed E-state index contributed by atoms with van der Waals surface area (Å²) in [6.45, 7) is 11.7. The number of halogens is 3. The Hall–Kier alpha value is -2.30. The van der Waals surface area contributed by atoms with Crippen molar-refractivity contribution in [2.24, 2.45) is 0 Å². The Labute approximate surface area is 239 Å². The zero-order valence-corrected chi connectivity index (χ0v) is 25.4. The van der Waals surface area contributed by atoms with E-state index in [0.717, 1.165) is 5.56 Å². The number of benzene rings is 1. The average Bonchev–Trinajstić information content (AvgIpc) is 2.85. The predicted octanol–water partition coefficient (Wildman–Crippen LogP) is 6.76. The Morgan fingerprint density at radius 3 is 2.56 bits per heavy atom. The highest BCUT2D eigenvalue weighted by Gasteiger charge is 2.38. The summed E-state index contributed by atoms with van der Waals surface area (Å²) < 4.78 is 27.5. The van der Waals surface area contributed by atoms with E-state index in [1.165, 1.54) is 6.07 Å². The summed E-state index contributed by atoms with van der Waals surface area (Å²) in [5.41, 5.74) is 1.73. The van der Waals surface area contributed by atoms with Gasteiger partial charge in [0.2, 0.25) is 5.95 Å². The first-order chi connectivity index (χ1) is 18.3. The van der Waals surface area contributed by atoms with Crippen LogP contribution in [0.25, 0.3) is 11.3 Å². The molecule has 39 heavy (non-hydrogen) atoms. The lowest BCUT2D eigenvalue weighted by Crippen LogP contribution is -2.43. The van der Waals surface area contributed by atoms with Crippen molar-refractivity contribution < 1.29 is 13.6 Å². The number of rotatable bonds is 8. The zero-order valence-electron chi connectivity index (χ0n) is 22.9. The molecular weight excluding hydrogens is 558 g/mol. The van der Waals surface area contributed by atoms with Gasteiger partial charge in [-0.3, -0.25) is 4.79 Å². The van der Waals surface area contributed by atoms with Crippen LogP contribution in [0.3, 0.4) is 0 Å². The van der Waals surface area contributed by atoms with Crippen molar-refractivity contribution in [3.63, 3.8) is 0 Å². The number of pyridine rings is 1. The topological polar surface area (TPSA) is 78.3 Å². The summed E-state index contributed by atoms with van der Waals surface area (Å²) in [5.74, 6) is 0.306. The molecule has 0 spiro atoms. The van der Waals surface area contributed by atoms with E-state index in [2.05, 4.69) is 49.1 Å². The third-order valence-electron chi connectivity index (χ3n) is 7.51. The van der Waals surface area contributed by atoms with Crippen LogP contribution in [0.15, 0.2) is 53.6 Å². The standard InChI is InChI=1S/C28H35Cl2FN4O3Si/c1-28(2,3)39(4,5)38-17-25(19-12-20(29)15-21(30)13-19)35-10-7-18(14-26(35)36)23-6-9-32-27(33-23)34-24-8-11-37-16-22(24)31/h6-7,9-10,12-15,22,24-25H,8,11,16-17H2,1-5H3,(H,32,33,34). The molecule has 2 aromatic heterocycles. The molecule has 3 unspecified atom stereocenters. The molecular formula is C28H35Cl2FN4O3Si. The number of hydrogen-bond donors (Lipinski definition) is 1. The molecule has 1 aromatic carbocycles. The normalized spacial score (nSPS) is 19.1. The van der Waals surface area contributed by atoms with Crippen LogP contribution in [-0.4, -0.2) is 54.9 Å². The van der Waals surface area contributed by atoms with Gasteiger partial charge in [-0.15, -0.1) is 0 Å². The van der Waals surface area contributed by atoms with Crippen molar-refractivity contribution >= 4 is 37.5 Å². The number of nitrogens with one attached hydrogen (secondary N) is 1. The molecule has 1 aliphatic rings. The van der Waals surface area contributed by atoms with Crippen LogP contribution in [0.2, 0.25) is 28.2 Å². The van der Waals surface area contributed by atoms with Gasteiger partial charge < -0.3 is 19.0 Å². The molecule has 7 nitrogen and oxygen atoms in total. The SMILES string of the molecule is CC(C)(C)[Si](C)(C)OCC(c1cc(Cl)cc(Cl)c1)n1ccc(-c2ccnc(NC3CCOCC3F)n2)cc1=O. The van der Waals surface area contributed by atoms with Crippen molar-refractivity contribution in [3.05, 3.63) is 74.8 Å². The van der Waals surface area contributed by atoms with E-state index >= 15 is 0 Å². The third kappa shape index (κ3) is 7.26. The summed E-state index contributed by atoms with van der Waals surface area (Å²) >= 11 is 12.7. The van der Waals surface area contributed by atoms with Crippen LogP contribution in [0, 0.1) is 0 Å². The van der Waals surface area contributed by atoms with E-state index < -0.39 is 26.6 Å². The molecule has 0 radical (unpaired) electrons. The Morgan fingerprint density at radius 1 is 1.21 bits per heavy atom. The molecule has 0 amide bonds. The van der Waals surface area contributed by atoms with Gasteiger partial charge in [-0.05, 0) is 60.4 Å². The van der Waals surface area contributed by atoms with Gasteiger partial charge in [-0.25, -0.2) is 14.4 Å². The number of alkyl halides is 1. The van der Waals surface area contributed by atoms with Crippen LogP contribution >= 0.6 is 23.2 Å². The Balaban J connectivity index is 1.64. The highest BCUT2D eigenvalue weighted by atomic mass is 35.5.